The molecule has 0 bridgehead atoms. The molecule has 1 aromatic rings. The third-order valence-electron chi connectivity index (χ3n) is 1.75. The van der Waals surface area contributed by atoms with E-state index in [2.05, 4.69) is 4.98 Å². The molecule has 0 saturated carbocycles. The van der Waals surface area contributed by atoms with Gasteiger partial charge in [-0.2, -0.15) is 0 Å². The summed E-state index contributed by atoms with van der Waals surface area (Å²) >= 11 is 0.839. The van der Waals surface area contributed by atoms with E-state index in [1.54, 1.807) is 0 Å². The summed E-state index contributed by atoms with van der Waals surface area (Å²) in [4.78, 5) is 14.6. The van der Waals surface area contributed by atoms with Crippen molar-refractivity contribution in [2.24, 2.45) is 0 Å². The van der Waals surface area contributed by atoms with Gasteiger partial charge >= 0.3 is 5.97 Å². The smallest absolute Gasteiger partial charge is 0.347 e. The summed E-state index contributed by atoms with van der Waals surface area (Å²) in [7, 11) is -2.06. The summed E-state index contributed by atoms with van der Waals surface area (Å²) < 4.78 is 23.3. The summed E-state index contributed by atoms with van der Waals surface area (Å²) in [6, 6.07) is 0. The van der Waals surface area contributed by atoms with Crippen LogP contribution in [0.5, 0.6) is 0 Å². The molecule has 0 fully saturated rings. The van der Waals surface area contributed by atoms with Gasteiger partial charge in [0, 0.05) is 7.05 Å². The third kappa shape index (κ3) is 2.45. The van der Waals surface area contributed by atoms with E-state index in [4.69, 9.17) is 5.11 Å². The first kappa shape index (κ1) is 11.9. The second-order valence-electron chi connectivity index (χ2n) is 2.95. The van der Waals surface area contributed by atoms with Crippen LogP contribution in [0.15, 0.2) is 0 Å². The SMILES string of the molecule is Cc1nc(N(C)S(C)(=O)=O)sc1C(=O)O. The Morgan fingerprint density at radius 3 is 2.40 bits per heavy atom. The molecule has 0 aliphatic carbocycles. The molecule has 15 heavy (non-hydrogen) atoms. The number of carboxylic acids is 1. The van der Waals surface area contributed by atoms with Crippen LogP contribution in [-0.4, -0.2) is 37.8 Å². The van der Waals surface area contributed by atoms with Crippen LogP contribution in [0, 0.1) is 6.92 Å². The Morgan fingerprint density at radius 2 is 2.07 bits per heavy atom. The second kappa shape index (κ2) is 3.78. The Morgan fingerprint density at radius 1 is 1.53 bits per heavy atom. The van der Waals surface area contributed by atoms with Crippen LogP contribution in [0.1, 0.15) is 15.4 Å². The lowest BCUT2D eigenvalue weighted by Gasteiger charge is -2.11. The molecule has 0 aromatic carbocycles. The van der Waals surface area contributed by atoms with E-state index in [1.165, 1.54) is 14.0 Å². The Hall–Kier alpha value is -1.15. The van der Waals surface area contributed by atoms with Crippen LogP contribution < -0.4 is 4.31 Å². The maximum atomic E-state index is 11.2. The van der Waals surface area contributed by atoms with Gasteiger partial charge in [-0.15, -0.1) is 0 Å². The molecule has 0 atom stereocenters. The van der Waals surface area contributed by atoms with Crippen LogP contribution in [0.4, 0.5) is 5.13 Å². The molecule has 0 aliphatic heterocycles. The zero-order chi connectivity index (χ0) is 11.8. The zero-order valence-electron chi connectivity index (χ0n) is 8.38. The Balaban J connectivity index is 3.19. The first-order chi connectivity index (χ1) is 6.73. The Labute approximate surface area is 91.2 Å². The lowest BCUT2D eigenvalue weighted by molar-refractivity contribution is 0.0701. The number of thiazole rings is 1. The van der Waals surface area contributed by atoms with Gasteiger partial charge in [-0.1, -0.05) is 11.3 Å². The maximum Gasteiger partial charge on any atom is 0.347 e. The van der Waals surface area contributed by atoms with Gasteiger partial charge in [-0.3, -0.25) is 0 Å². The summed E-state index contributed by atoms with van der Waals surface area (Å²) in [5, 5.41) is 8.93. The zero-order valence-corrected chi connectivity index (χ0v) is 10.0. The van der Waals surface area contributed by atoms with E-state index < -0.39 is 16.0 Å². The number of carbonyl (C=O) groups is 1. The van der Waals surface area contributed by atoms with E-state index in [1.807, 2.05) is 0 Å². The maximum absolute atomic E-state index is 11.2. The molecule has 0 spiro atoms. The predicted molar refractivity (Wildman–Crippen MR) is 57.1 cm³/mol. The van der Waals surface area contributed by atoms with Crippen LogP contribution in [0.25, 0.3) is 0 Å². The number of anilines is 1. The fourth-order valence-electron chi connectivity index (χ4n) is 0.857. The van der Waals surface area contributed by atoms with Crippen molar-refractivity contribution in [3.8, 4) is 0 Å². The molecular formula is C7H10N2O4S2. The summed E-state index contributed by atoms with van der Waals surface area (Å²) in [6.07, 6.45) is 1.03. The van der Waals surface area contributed by atoms with Crippen molar-refractivity contribution in [2.45, 2.75) is 6.92 Å². The number of aryl methyl sites for hydroxylation is 1. The molecule has 1 rings (SSSR count). The highest BCUT2D eigenvalue weighted by Gasteiger charge is 2.20. The monoisotopic (exact) mass is 250 g/mol. The number of carboxylic acid groups (broad SMARTS) is 1. The summed E-state index contributed by atoms with van der Waals surface area (Å²) in [5.74, 6) is -1.10. The predicted octanol–water partition coefficient (Wildman–Crippen LogP) is 0.546. The Kier molecular flexibility index (Phi) is 3.00. The van der Waals surface area contributed by atoms with Crippen LogP contribution in [-0.2, 0) is 10.0 Å². The number of aromatic carboxylic acids is 1. The van der Waals surface area contributed by atoms with E-state index in [0.29, 0.717) is 5.69 Å². The fourth-order valence-corrected chi connectivity index (χ4v) is 2.47. The number of hydrogen-bond acceptors (Lipinski definition) is 5. The second-order valence-corrected chi connectivity index (χ2v) is 5.94. The molecular weight excluding hydrogens is 240 g/mol. The van der Waals surface area contributed by atoms with Crippen LogP contribution >= 0.6 is 11.3 Å². The van der Waals surface area contributed by atoms with Gasteiger partial charge in [0.2, 0.25) is 10.0 Å². The average molecular weight is 250 g/mol. The first-order valence-corrected chi connectivity index (χ1v) is 6.54. The number of rotatable bonds is 3. The van der Waals surface area contributed by atoms with Crippen molar-refractivity contribution in [3.05, 3.63) is 10.6 Å². The lowest BCUT2D eigenvalue weighted by Crippen LogP contribution is -2.24. The lowest BCUT2D eigenvalue weighted by atomic mass is 10.4. The third-order valence-corrected chi connectivity index (χ3v) is 4.25. The molecule has 0 radical (unpaired) electrons. The minimum absolute atomic E-state index is 0.0560. The van der Waals surface area contributed by atoms with Crippen molar-refractivity contribution in [2.75, 3.05) is 17.6 Å². The topological polar surface area (TPSA) is 87.6 Å². The Bertz CT molecular complexity index is 491. The molecule has 1 heterocycles. The minimum Gasteiger partial charge on any atom is -0.477 e. The highest BCUT2D eigenvalue weighted by Crippen LogP contribution is 2.26. The van der Waals surface area contributed by atoms with Crippen LogP contribution in [0.3, 0.4) is 0 Å². The van der Waals surface area contributed by atoms with Crippen molar-refractivity contribution in [1.82, 2.24) is 4.98 Å². The van der Waals surface area contributed by atoms with Gasteiger partial charge in [-0.25, -0.2) is 22.5 Å². The fraction of sp³-hybridized carbons (Fsp3) is 0.429. The van der Waals surface area contributed by atoms with Crippen LogP contribution in [0.2, 0.25) is 0 Å². The molecule has 0 amide bonds. The van der Waals surface area contributed by atoms with Crippen molar-refractivity contribution in [1.29, 1.82) is 0 Å². The highest BCUT2D eigenvalue weighted by atomic mass is 32.2. The molecule has 0 saturated heterocycles. The quantitative estimate of drug-likeness (QED) is 0.846. The highest BCUT2D eigenvalue weighted by molar-refractivity contribution is 7.92. The normalized spacial score (nSPS) is 11.4. The average Bonchev–Trinajstić information content (AvgIpc) is 2.44. The molecule has 8 heteroatoms. The summed E-state index contributed by atoms with van der Waals surface area (Å²) in [6.45, 7) is 1.53. The standard InChI is InChI=1S/C7H10N2O4S2/c1-4-5(6(10)11)14-7(8-4)9(2)15(3,12)13/h1-3H3,(H,10,11). The summed E-state index contributed by atoms with van der Waals surface area (Å²) in [5.41, 5.74) is 0.318. The van der Waals surface area contributed by atoms with Crippen molar-refractivity contribution in [3.63, 3.8) is 0 Å². The number of aromatic nitrogens is 1. The molecule has 0 aliphatic rings. The van der Waals surface area contributed by atoms with Gasteiger partial charge in [0.25, 0.3) is 0 Å². The van der Waals surface area contributed by atoms with Gasteiger partial charge in [0.15, 0.2) is 5.13 Å². The van der Waals surface area contributed by atoms with E-state index >= 15 is 0 Å². The molecule has 84 valence electrons. The molecule has 6 nitrogen and oxygen atoms in total. The van der Waals surface area contributed by atoms with Crippen molar-refractivity contribution >= 4 is 32.5 Å². The molecule has 1 aromatic heterocycles. The molecule has 0 unspecified atom stereocenters. The first-order valence-electron chi connectivity index (χ1n) is 3.88. The van der Waals surface area contributed by atoms with Gasteiger partial charge < -0.3 is 5.11 Å². The van der Waals surface area contributed by atoms with Gasteiger partial charge in [0.1, 0.15) is 4.88 Å². The van der Waals surface area contributed by atoms with E-state index in [0.717, 1.165) is 21.9 Å². The molecule has 1 N–H and O–H groups in total. The number of sulfonamides is 1. The van der Waals surface area contributed by atoms with E-state index in [-0.39, 0.29) is 10.0 Å². The number of hydrogen-bond donors (Lipinski definition) is 1. The van der Waals surface area contributed by atoms with Gasteiger partial charge in [0.05, 0.1) is 11.9 Å². The van der Waals surface area contributed by atoms with E-state index in [9.17, 15) is 13.2 Å². The van der Waals surface area contributed by atoms with Gasteiger partial charge in [-0.05, 0) is 6.92 Å². The number of nitrogens with zero attached hydrogens (tertiary/aromatic N) is 2. The largest absolute Gasteiger partial charge is 0.477 e. The minimum atomic E-state index is -3.40. The van der Waals surface area contributed by atoms with Crippen molar-refractivity contribution < 1.29 is 18.3 Å².